The summed E-state index contributed by atoms with van der Waals surface area (Å²) in [6, 6.07) is 0. The van der Waals surface area contributed by atoms with Crippen LogP contribution in [0.25, 0.3) is 0 Å². The van der Waals surface area contributed by atoms with Crippen LogP contribution in [-0.2, 0) is 19.1 Å². The molecule has 1 atom stereocenters. The average molecular weight is 282 g/mol. The molecule has 1 aliphatic rings. The Morgan fingerprint density at radius 3 is 2.40 bits per heavy atom. The molecule has 0 aromatic rings. The van der Waals surface area contributed by atoms with Crippen LogP contribution in [0.5, 0.6) is 0 Å². The first-order valence-corrected chi connectivity index (χ1v) is 6.88. The van der Waals surface area contributed by atoms with Crippen LogP contribution in [0.1, 0.15) is 46.0 Å². The molecule has 1 rings (SSSR count). The Labute approximate surface area is 119 Å². The van der Waals surface area contributed by atoms with Crippen LogP contribution < -0.4 is 0 Å². The first-order valence-electron chi connectivity index (χ1n) is 6.88. The van der Waals surface area contributed by atoms with E-state index < -0.39 is 18.2 Å². The Kier molecular flexibility index (Phi) is 6.45. The van der Waals surface area contributed by atoms with Crippen LogP contribution in [0.3, 0.4) is 0 Å². The zero-order chi connectivity index (χ0) is 15.1. The fraction of sp³-hybridized carbons (Fsp3) is 0.600. The number of carboxylic acids is 1. The number of hydrogen-bond donors (Lipinski definition) is 1. The molecule has 0 radical (unpaired) electrons. The van der Waals surface area contributed by atoms with Crippen molar-refractivity contribution in [2.24, 2.45) is 0 Å². The van der Waals surface area contributed by atoms with Crippen molar-refractivity contribution in [1.29, 1.82) is 0 Å². The molecule has 5 nitrogen and oxygen atoms in total. The molecule has 1 aliphatic carbocycles. The van der Waals surface area contributed by atoms with E-state index in [-0.39, 0.29) is 11.1 Å². The third-order valence-corrected chi connectivity index (χ3v) is 3.06. The van der Waals surface area contributed by atoms with Gasteiger partial charge < -0.3 is 14.6 Å². The number of carboxylic acid groups (broad SMARTS) is 1. The fourth-order valence-corrected chi connectivity index (χ4v) is 2.03. The molecule has 1 N–H and O–H groups in total. The molecular weight excluding hydrogens is 260 g/mol. The SMILES string of the molecule is C=C(C)COC(CC)OC(=O)C1=C(C(=O)O)CCCC1. The number of aliphatic carboxylic acids is 1. The summed E-state index contributed by atoms with van der Waals surface area (Å²) in [5, 5.41) is 9.12. The number of hydrogen-bond acceptors (Lipinski definition) is 4. The molecule has 0 aliphatic heterocycles. The van der Waals surface area contributed by atoms with Crippen molar-refractivity contribution in [2.45, 2.75) is 52.2 Å². The van der Waals surface area contributed by atoms with Gasteiger partial charge in [0.15, 0.2) is 0 Å². The summed E-state index contributed by atoms with van der Waals surface area (Å²) in [6.07, 6.45) is 2.32. The highest BCUT2D eigenvalue weighted by Crippen LogP contribution is 2.26. The second-order valence-corrected chi connectivity index (χ2v) is 4.98. The molecule has 5 heteroatoms. The van der Waals surface area contributed by atoms with Gasteiger partial charge in [-0.1, -0.05) is 19.1 Å². The monoisotopic (exact) mass is 282 g/mol. The van der Waals surface area contributed by atoms with Gasteiger partial charge in [-0.05, 0) is 32.6 Å². The molecule has 0 aromatic heterocycles. The lowest BCUT2D eigenvalue weighted by atomic mass is 9.92. The minimum Gasteiger partial charge on any atom is -0.478 e. The lowest BCUT2D eigenvalue weighted by Gasteiger charge is -2.21. The number of carbonyl (C=O) groups excluding carboxylic acids is 1. The molecule has 0 aromatic carbocycles. The first kappa shape index (κ1) is 16.4. The standard InChI is InChI=1S/C15H22O5/c1-4-13(19-9-10(2)3)20-15(18)12-8-6-5-7-11(12)14(16)17/h13H,2,4-9H2,1,3H3,(H,16,17). The molecule has 0 bridgehead atoms. The zero-order valence-corrected chi connectivity index (χ0v) is 12.1. The van der Waals surface area contributed by atoms with Crippen molar-refractivity contribution in [3.05, 3.63) is 23.3 Å². The van der Waals surface area contributed by atoms with Crippen molar-refractivity contribution in [3.63, 3.8) is 0 Å². The van der Waals surface area contributed by atoms with Gasteiger partial charge in [-0.2, -0.15) is 0 Å². The van der Waals surface area contributed by atoms with Crippen LogP contribution in [0.4, 0.5) is 0 Å². The van der Waals surface area contributed by atoms with E-state index in [0.717, 1.165) is 18.4 Å². The van der Waals surface area contributed by atoms with Gasteiger partial charge in [-0.3, -0.25) is 0 Å². The van der Waals surface area contributed by atoms with E-state index in [1.807, 2.05) is 13.8 Å². The second-order valence-electron chi connectivity index (χ2n) is 4.98. The fourth-order valence-electron chi connectivity index (χ4n) is 2.03. The minimum absolute atomic E-state index is 0.177. The molecule has 0 saturated carbocycles. The van der Waals surface area contributed by atoms with Gasteiger partial charge in [0.2, 0.25) is 6.29 Å². The summed E-state index contributed by atoms with van der Waals surface area (Å²) in [4.78, 5) is 23.2. The van der Waals surface area contributed by atoms with Crippen LogP contribution >= 0.6 is 0 Å². The van der Waals surface area contributed by atoms with E-state index in [1.54, 1.807) is 0 Å². The highest BCUT2D eigenvalue weighted by Gasteiger charge is 2.26. The lowest BCUT2D eigenvalue weighted by molar-refractivity contribution is -0.173. The molecule has 0 heterocycles. The molecular formula is C15H22O5. The lowest BCUT2D eigenvalue weighted by Crippen LogP contribution is -2.25. The Balaban J connectivity index is 2.72. The third kappa shape index (κ3) is 4.81. The van der Waals surface area contributed by atoms with Crippen LogP contribution in [0, 0.1) is 0 Å². The average Bonchev–Trinajstić information content (AvgIpc) is 2.42. The maximum atomic E-state index is 12.1. The quantitative estimate of drug-likeness (QED) is 0.441. The van der Waals surface area contributed by atoms with Gasteiger partial charge in [-0.25, -0.2) is 9.59 Å². The largest absolute Gasteiger partial charge is 0.478 e. The topological polar surface area (TPSA) is 72.8 Å². The van der Waals surface area contributed by atoms with Gasteiger partial charge in [0, 0.05) is 17.6 Å². The smallest absolute Gasteiger partial charge is 0.336 e. The van der Waals surface area contributed by atoms with E-state index in [0.29, 0.717) is 25.9 Å². The van der Waals surface area contributed by atoms with Crippen molar-refractivity contribution in [2.75, 3.05) is 6.61 Å². The van der Waals surface area contributed by atoms with Crippen LogP contribution in [0.2, 0.25) is 0 Å². The molecule has 0 fully saturated rings. The predicted octanol–water partition coefficient (Wildman–Crippen LogP) is 2.81. The van der Waals surface area contributed by atoms with Crippen molar-refractivity contribution in [1.82, 2.24) is 0 Å². The summed E-state index contributed by atoms with van der Waals surface area (Å²) >= 11 is 0. The van der Waals surface area contributed by atoms with E-state index >= 15 is 0 Å². The predicted molar refractivity (Wildman–Crippen MR) is 74.1 cm³/mol. The number of rotatable bonds is 7. The minimum atomic E-state index is -1.03. The zero-order valence-electron chi connectivity index (χ0n) is 12.1. The van der Waals surface area contributed by atoms with Crippen molar-refractivity contribution >= 4 is 11.9 Å². The first-order chi connectivity index (χ1) is 9.45. The number of ether oxygens (including phenoxy) is 2. The Morgan fingerprint density at radius 1 is 1.30 bits per heavy atom. The maximum absolute atomic E-state index is 12.1. The molecule has 1 unspecified atom stereocenters. The number of esters is 1. The molecule has 0 amide bonds. The van der Waals surface area contributed by atoms with E-state index in [2.05, 4.69) is 6.58 Å². The maximum Gasteiger partial charge on any atom is 0.336 e. The summed E-state index contributed by atoms with van der Waals surface area (Å²) in [7, 11) is 0. The summed E-state index contributed by atoms with van der Waals surface area (Å²) < 4.78 is 10.6. The van der Waals surface area contributed by atoms with Crippen LogP contribution in [-0.4, -0.2) is 29.9 Å². The summed E-state index contributed by atoms with van der Waals surface area (Å²) in [5.74, 6) is -1.61. The molecule has 0 spiro atoms. The normalized spacial score (nSPS) is 16.7. The van der Waals surface area contributed by atoms with Crippen molar-refractivity contribution in [3.8, 4) is 0 Å². The van der Waals surface area contributed by atoms with Crippen molar-refractivity contribution < 1.29 is 24.2 Å². The van der Waals surface area contributed by atoms with Gasteiger partial charge >= 0.3 is 11.9 Å². The van der Waals surface area contributed by atoms with E-state index in [4.69, 9.17) is 14.6 Å². The Bertz CT molecular complexity index is 422. The second kappa shape index (κ2) is 7.85. The van der Waals surface area contributed by atoms with Gasteiger partial charge in [0.1, 0.15) is 0 Å². The molecule has 0 saturated heterocycles. The van der Waals surface area contributed by atoms with Crippen LogP contribution in [0.15, 0.2) is 23.3 Å². The molecule has 20 heavy (non-hydrogen) atoms. The highest BCUT2D eigenvalue weighted by molar-refractivity contribution is 5.99. The summed E-state index contributed by atoms with van der Waals surface area (Å²) in [5.41, 5.74) is 1.29. The molecule has 112 valence electrons. The van der Waals surface area contributed by atoms with Gasteiger partial charge in [-0.15, -0.1) is 0 Å². The highest BCUT2D eigenvalue weighted by atomic mass is 16.7. The Morgan fingerprint density at radius 2 is 1.90 bits per heavy atom. The van der Waals surface area contributed by atoms with E-state index in [9.17, 15) is 9.59 Å². The van der Waals surface area contributed by atoms with E-state index in [1.165, 1.54) is 0 Å². The van der Waals surface area contributed by atoms with Gasteiger partial charge in [0.25, 0.3) is 0 Å². The van der Waals surface area contributed by atoms with Gasteiger partial charge in [0.05, 0.1) is 6.61 Å². The Hall–Kier alpha value is -1.62. The summed E-state index contributed by atoms with van der Waals surface area (Å²) in [6.45, 7) is 7.69. The third-order valence-electron chi connectivity index (χ3n) is 3.06. The number of carbonyl (C=O) groups is 2.